The minimum Gasteiger partial charge on any atom is -0.320 e. The molecule has 0 radical (unpaired) electrons. The number of fused-ring (bicyclic) bond motifs is 1. The van der Waals surface area contributed by atoms with Crippen LogP contribution in [0, 0.1) is 0 Å². The van der Waals surface area contributed by atoms with Crippen molar-refractivity contribution in [3.63, 3.8) is 0 Å². The number of carbonyl (C=O) groups is 2. The van der Waals surface area contributed by atoms with Crippen molar-refractivity contribution in [2.24, 2.45) is 12.8 Å². The third kappa shape index (κ3) is 1.72. The van der Waals surface area contributed by atoms with Gasteiger partial charge >= 0.3 is 0 Å². The van der Waals surface area contributed by atoms with Crippen LogP contribution in [0.5, 0.6) is 0 Å². The van der Waals surface area contributed by atoms with Crippen LogP contribution in [0.25, 0.3) is 10.9 Å². The van der Waals surface area contributed by atoms with E-state index in [1.165, 1.54) is 0 Å². The molecule has 0 aliphatic carbocycles. The summed E-state index contributed by atoms with van der Waals surface area (Å²) in [4.78, 5) is 25.2. The third-order valence-electron chi connectivity index (χ3n) is 3.41. The summed E-state index contributed by atoms with van der Waals surface area (Å²) in [7, 11) is 1.78. The molecular weight excluding hydrogens is 244 g/mol. The molecule has 1 aromatic carbocycles. The number of carbonyl (C=O) groups excluding carboxylic acids is 2. The lowest BCUT2D eigenvalue weighted by Crippen LogP contribution is -2.51. The van der Waals surface area contributed by atoms with Crippen molar-refractivity contribution in [1.29, 1.82) is 0 Å². The quantitative estimate of drug-likeness (QED) is 0.757. The number of benzene rings is 1. The molecule has 1 fully saturated rings. The van der Waals surface area contributed by atoms with Crippen LogP contribution in [0.4, 0.5) is 5.82 Å². The maximum atomic E-state index is 12.1. The summed E-state index contributed by atoms with van der Waals surface area (Å²) in [6.07, 6.45) is 0.677. The standard InChI is InChI=1S/C13H14N4O2/c1-16-10-5-3-2-4-8(10)12(15-16)17-11(18)7-6-9(14)13(17)19/h2-5,9H,6-7,14H2,1H3. The van der Waals surface area contributed by atoms with Crippen LogP contribution in [-0.2, 0) is 16.6 Å². The van der Waals surface area contributed by atoms with Gasteiger partial charge in [-0.25, -0.2) is 4.90 Å². The van der Waals surface area contributed by atoms with E-state index in [0.717, 1.165) is 15.8 Å². The Morgan fingerprint density at radius 3 is 2.84 bits per heavy atom. The molecule has 2 heterocycles. The van der Waals surface area contributed by atoms with E-state index < -0.39 is 6.04 Å². The molecular formula is C13H14N4O2. The molecule has 98 valence electrons. The molecule has 2 aromatic rings. The lowest BCUT2D eigenvalue weighted by atomic mass is 10.0. The second-order valence-electron chi connectivity index (χ2n) is 4.68. The van der Waals surface area contributed by atoms with E-state index in [0.29, 0.717) is 12.2 Å². The normalized spacial score (nSPS) is 20.3. The van der Waals surface area contributed by atoms with Crippen molar-refractivity contribution in [2.45, 2.75) is 18.9 Å². The molecule has 1 atom stereocenters. The van der Waals surface area contributed by atoms with E-state index in [1.54, 1.807) is 11.7 Å². The van der Waals surface area contributed by atoms with Gasteiger partial charge in [0.1, 0.15) is 0 Å². The summed E-state index contributed by atoms with van der Waals surface area (Å²) < 4.78 is 1.66. The Morgan fingerprint density at radius 1 is 1.32 bits per heavy atom. The van der Waals surface area contributed by atoms with Crippen LogP contribution in [0.15, 0.2) is 24.3 Å². The molecule has 3 rings (SSSR count). The number of amides is 2. The first-order valence-corrected chi connectivity index (χ1v) is 6.13. The minimum atomic E-state index is -0.626. The van der Waals surface area contributed by atoms with Crippen LogP contribution in [0.3, 0.4) is 0 Å². The van der Waals surface area contributed by atoms with Gasteiger partial charge in [-0.2, -0.15) is 5.10 Å². The van der Waals surface area contributed by atoms with Crippen molar-refractivity contribution in [2.75, 3.05) is 4.90 Å². The number of imide groups is 1. The molecule has 1 unspecified atom stereocenters. The van der Waals surface area contributed by atoms with Gasteiger partial charge in [0.15, 0.2) is 5.82 Å². The first-order valence-electron chi connectivity index (χ1n) is 6.13. The number of aryl methyl sites for hydroxylation is 1. The fraction of sp³-hybridized carbons (Fsp3) is 0.308. The van der Waals surface area contributed by atoms with Crippen molar-refractivity contribution < 1.29 is 9.59 Å². The summed E-state index contributed by atoms with van der Waals surface area (Å²) in [5, 5.41) is 5.07. The van der Waals surface area contributed by atoms with Gasteiger partial charge < -0.3 is 5.73 Å². The number of aromatic nitrogens is 2. The maximum Gasteiger partial charge on any atom is 0.251 e. The van der Waals surface area contributed by atoms with E-state index in [4.69, 9.17) is 5.73 Å². The van der Waals surface area contributed by atoms with Crippen molar-refractivity contribution in [3.8, 4) is 0 Å². The average Bonchev–Trinajstić information content (AvgIpc) is 2.73. The monoisotopic (exact) mass is 258 g/mol. The number of hydrogen-bond donors (Lipinski definition) is 1. The highest BCUT2D eigenvalue weighted by Gasteiger charge is 2.35. The van der Waals surface area contributed by atoms with E-state index in [-0.39, 0.29) is 18.2 Å². The number of nitrogens with zero attached hydrogens (tertiary/aromatic N) is 3. The SMILES string of the molecule is Cn1nc(N2C(=O)CCC(N)C2=O)c2ccccc21. The molecule has 19 heavy (non-hydrogen) atoms. The molecule has 2 amide bonds. The zero-order chi connectivity index (χ0) is 13.6. The fourth-order valence-corrected chi connectivity index (χ4v) is 2.39. The predicted octanol–water partition coefficient (Wildman–Crippen LogP) is 0.554. The highest BCUT2D eigenvalue weighted by atomic mass is 16.2. The molecule has 0 saturated carbocycles. The first kappa shape index (κ1) is 11.9. The molecule has 1 aromatic heterocycles. The maximum absolute atomic E-state index is 12.1. The van der Waals surface area contributed by atoms with Crippen LogP contribution >= 0.6 is 0 Å². The van der Waals surface area contributed by atoms with Gasteiger partial charge in [0, 0.05) is 18.9 Å². The third-order valence-corrected chi connectivity index (χ3v) is 3.41. The van der Waals surface area contributed by atoms with Crippen molar-refractivity contribution in [1.82, 2.24) is 9.78 Å². The second-order valence-corrected chi connectivity index (χ2v) is 4.68. The molecule has 0 spiro atoms. The van der Waals surface area contributed by atoms with Gasteiger partial charge in [0.25, 0.3) is 5.91 Å². The molecule has 0 bridgehead atoms. The summed E-state index contributed by atoms with van der Waals surface area (Å²) in [6, 6.07) is 6.85. The second kappa shape index (κ2) is 4.17. The molecule has 6 nitrogen and oxygen atoms in total. The Labute approximate surface area is 109 Å². The Morgan fingerprint density at radius 2 is 2.05 bits per heavy atom. The van der Waals surface area contributed by atoms with Gasteiger partial charge in [-0.1, -0.05) is 12.1 Å². The molecule has 1 aliphatic heterocycles. The number of nitrogens with two attached hydrogens (primary N) is 1. The molecule has 2 N–H and O–H groups in total. The molecule has 6 heteroatoms. The Bertz CT molecular complexity index is 676. The smallest absolute Gasteiger partial charge is 0.251 e. The number of hydrogen-bond acceptors (Lipinski definition) is 4. The van der Waals surface area contributed by atoms with Crippen molar-refractivity contribution in [3.05, 3.63) is 24.3 Å². The Hall–Kier alpha value is -2.21. The highest BCUT2D eigenvalue weighted by molar-refractivity contribution is 6.20. The lowest BCUT2D eigenvalue weighted by molar-refractivity contribution is -0.130. The average molecular weight is 258 g/mol. The summed E-state index contributed by atoms with van der Waals surface area (Å²) in [5.74, 6) is -0.237. The van der Waals surface area contributed by atoms with Crippen LogP contribution < -0.4 is 10.6 Å². The first-order chi connectivity index (χ1) is 9.09. The zero-order valence-corrected chi connectivity index (χ0v) is 10.5. The Kier molecular flexibility index (Phi) is 2.60. The van der Waals surface area contributed by atoms with E-state index in [1.807, 2.05) is 24.3 Å². The van der Waals surface area contributed by atoms with Gasteiger partial charge in [0.05, 0.1) is 11.6 Å². The van der Waals surface area contributed by atoms with Gasteiger partial charge in [-0.3, -0.25) is 14.3 Å². The molecule has 1 aliphatic rings. The van der Waals surface area contributed by atoms with E-state index >= 15 is 0 Å². The van der Waals surface area contributed by atoms with E-state index in [2.05, 4.69) is 5.10 Å². The molecule has 1 saturated heterocycles. The van der Waals surface area contributed by atoms with Gasteiger partial charge in [-0.15, -0.1) is 0 Å². The van der Waals surface area contributed by atoms with Crippen LogP contribution in [0.2, 0.25) is 0 Å². The summed E-state index contributed by atoms with van der Waals surface area (Å²) >= 11 is 0. The van der Waals surface area contributed by atoms with Gasteiger partial charge in [-0.05, 0) is 18.6 Å². The summed E-state index contributed by atoms with van der Waals surface area (Å²) in [6.45, 7) is 0. The Balaban J connectivity index is 2.18. The predicted molar refractivity (Wildman–Crippen MR) is 70.4 cm³/mol. The number of anilines is 1. The topological polar surface area (TPSA) is 81.2 Å². The number of rotatable bonds is 1. The van der Waals surface area contributed by atoms with E-state index in [9.17, 15) is 9.59 Å². The fourth-order valence-electron chi connectivity index (χ4n) is 2.39. The van der Waals surface area contributed by atoms with Crippen LogP contribution in [0.1, 0.15) is 12.8 Å². The van der Waals surface area contributed by atoms with Gasteiger partial charge in [0.2, 0.25) is 5.91 Å². The lowest BCUT2D eigenvalue weighted by Gasteiger charge is -2.27. The zero-order valence-electron chi connectivity index (χ0n) is 10.5. The highest BCUT2D eigenvalue weighted by Crippen LogP contribution is 2.28. The van der Waals surface area contributed by atoms with Crippen molar-refractivity contribution >= 4 is 28.5 Å². The largest absolute Gasteiger partial charge is 0.320 e. The minimum absolute atomic E-state index is 0.240. The number of para-hydroxylation sites is 1. The number of piperidine rings is 1. The summed E-state index contributed by atoms with van der Waals surface area (Å²) in [5.41, 5.74) is 6.61. The van der Waals surface area contributed by atoms with Crippen LogP contribution in [-0.4, -0.2) is 27.6 Å².